The molecule has 0 saturated heterocycles. The quantitative estimate of drug-likeness (QED) is 0.509. The molecule has 0 aliphatic heterocycles. The first-order valence-corrected chi connectivity index (χ1v) is 7.91. The summed E-state index contributed by atoms with van der Waals surface area (Å²) in [6, 6.07) is 0. The highest BCUT2D eigenvalue weighted by molar-refractivity contribution is 7.54. The monoisotopic (exact) mass is 302 g/mol. The predicted octanol–water partition coefficient (Wildman–Crippen LogP) is 1.49. The minimum Gasteiger partial charge on any atom is -0.394 e. The summed E-state index contributed by atoms with van der Waals surface area (Å²) in [4.78, 5) is 18.4. The molecule has 1 rings (SSSR count). The Balaban J connectivity index is 2.76. The molecular formula is C11H21F2O5P. The van der Waals surface area contributed by atoms with Gasteiger partial charge in [0, 0.05) is 12.3 Å². The zero-order chi connectivity index (χ0) is 14.9. The van der Waals surface area contributed by atoms with E-state index < -0.39 is 43.7 Å². The van der Waals surface area contributed by atoms with E-state index in [4.69, 9.17) is 10.2 Å². The lowest BCUT2D eigenvalue weighted by molar-refractivity contribution is -0.102. The van der Waals surface area contributed by atoms with Crippen LogP contribution in [0.3, 0.4) is 0 Å². The normalized spacial score (nSPS) is 22.1. The number of hydrogen-bond donors (Lipinski definition) is 4. The maximum absolute atomic E-state index is 13.9. The van der Waals surface area contributed by atoms with Crippen LogP contribution in [0, 0.1) is 5.92 Å². The lowest BCUT2D eigenvalue weighted by atomic mass is 9.89. The largest absolute Gasteiger partial charge is 0.394 e. The Hall–Kier alpha value is -0.0700. The van der Waals surface area contributed by atoms with E-state index in [1.54, 1.807) is 0 Å². The highest BCUT2D eigenvalue weighted by Crippen LogP contribution is 2.68. The molecule has 19 heavy (non-hydrogen) atoms. The van der Waals surface area contributed by atoms with Crippen LogP contribution in [0.25, 0.3) is 0 Å². The van der Waals surface area contributed by atoms with Crippen LogP contribution in [0.5, 0.6) is 0 Å². The van der Waals surface area contributed by atoms with Gasteiger partial charge in [0.05, 0.1) is 17.9 Å². The van der Waals surface area contributed by atoms with Crippen molar-refractivity contribution in [3.05, 3.63) is 0 Å². The molecule has 1 aliphatic carbocycles. The molecule has 0 aromatic carbocycles. The third kappa shape index (κ3) is 3.95. The fourth-order valence-corrected chi connectivity index (χ4v) is 3.51. The molecule has 0 amide bonds. The van der Waals surface area contributed by atoms with Gasteiger partial charge < -0.3 is 20.0 Å². The van der Waals surface area contributed by atoms with Gasteiger partial charge in [0.15, 0.2) is 0 Å². The average molecular weight is 302 g/mol. The van der Waals surface area contributed by atoms with Gasteiger partial charge in [0.1, 0.15) is 0 Å². The van der Waals surface area contributed by atoms with Crippen LogP contribution >= 0.6 is 7.60 Å². The number of hydrogen-bond acceptors (Lipinski definition) is 3. The second kappa shape index (κ2) is 5.74. The Kier molecular flexibility index (Phi) is 5.13. The number of aliphatic hydroxyl groups excluding tert-OH is 2. The molecule has 0 heterocycles. The molecule has 2 atom stereocenters. The Labute approximate surface area is 110 Å². The van der Waals surface area contributed by atoms with E-state index in [-0.39, 0.29) is 25.7 Å². The summed E-state index contributed by atoms with van der Waals surface area (Å²) >= 11 is 0. The molecular weight excluding hydrogens is 281 g/mol. The van der Waals surface area contributed by atoms with Gasteiger partial charge in [0.25, 0.3) is 5.92 Å². The van der Waals surface area contributed by atoms with Gasteiger partial charge in [-0.1, -0.05) is 6.92 Å². The van der Waals surface area contributed by atoms with Crippen molar-refractivity contribution in [2.24, 2.45) is 5.92 Å². The van der Waals surface area contributed by atoms with E-state index in [0.29, 0.717) is 0 Å². The standard InChI is InChI=1S/C11H21F2O5P/c1-2-8(11(12,13)6-9(15)7-14)5-10(3-4-10)19(16,17)18/h8-9,14-15H,2-7H2,1H3,(H2,16,17,18). The number of alkyl halides is 2. The van der Waals surface area contributed by atoms with E-state index >= 15 is 0 Å². The summed E-state index contributed by atoms with van der Waals surface area (Å²) in [7, 11) is -4.38. The van der Waals surface area contributed by atoms with Crippen LogP contribution in [0.2, 0.25) is 0 Å². The van der Waals surface area contributed by atoms with Gasteiger partial charge in [0.2, 0.25) is 0 Å². The minimum absolute atomic E-state index is 0.0624. The van der Waals surface area contributed by atoms with Gasteiger partial charge in [-0.25, -0.2) is 8.78 Å². The molecule has 8 heteroatoms. The second-order valence-corrected chi connectivity index (χ2v) is 7.42. The van der Waals surface area contributed by atoms with Gasteiger partial charge in [-0.15, -0.1) is 0 Å². The van der Waals surface area contributed by atoms with Gasteiger partial charge >= 0.3 is 7.60 Å². The van der Waals surface area contributed by atoms with Crippen molar-refractivity contribution in [1.82, 2.24) is 0 Å². The third-order valence-electron chi connectivity index (χ3n) is 3.88. The minimum atomic E-state index is -4.38. The first-order chi connectivity index (χ1) is 8.58. The lowest BCUT2D eigenvalue weighted by Crippen LogP contribution is -2.36. The topological polar surface area (TPSA) is 98.0 Å². The number of aliphatic hydroxyl groups is 2. The van der Waals surface area contributed by atoms with E-state index in [1.165, 1.54) is 6.92 Å². The zero-order valence-corrected chi connectivity index (χ0v) is 11.7. The number of rotatable bonds is 8. The second-order valence-electron chi connectivity index (χ2n) is 5.38. The maximum atomic E-state index is 13.9. The zero-order valence-electron chi connectivity index (χ0n) is 10.8. The molecule has 5 nitrogen and oxygen atoms in total. The van der Waals surface area contributed by atoms with E-state index in [0.717, 1.165) is 0 Å². The molecule has 2 unspecified atom stereocenters. The molecule has 0 aromatic rings. The van der Waals surface area contributed by atoms with Crippen LogP contribution in [0.15, 0.2) is 0 Å². The SMILES string of the molecule is CCC(CC1(P(=O)(O)O)CC1)C(F)(F)CC(O)CO. The summed E-state index contributed by atoms with van der Waals surface area (Å²) in [5, 5.41) is 16.4. The first-order valence-electron chi connectivity index (χ1n) is 6.30. The third-order valence-corrected chi connectivity index (χ3v) is 5.75. The Morgan fingerprint density at radius 1 is 1.37 bits per heavy atom. The van der Waals surface area contributed by atoms with Gasteiger partial charge in [-0.2, -0.15) is 0 Å². The fourth-order valence-electron chi connectivity index (χ4n) is 2.35. The Bertz CT molecular complexity index is 353. The summed E-state index contributed by atoms with van der Waals surface area (Å²) in [5.74, 6) is -4.45. The van der Waals surface area contributed by atoms with Crippen molar-refractivity contribution < 1.29 is 33.3 Å². The predicted molar refractivity (Wildman–Crippen MR) is 65.1 cm³/mol. The van der Waals surface area contributed by atoms with Crippen molar-refractivity contribution in [3.8, 4) is 0 Å². The summed E-state index contributed by atoms with van der Waals surface area (Å²) in [5.41, 5.74) is 0. The van der Waals surface area contributed by atoms with Crippen molar-refractivity contribution in [3.63, 3.8) is 0 Å². The van der Waals surface area contributed by atoms with E-state index in [1.807, 2.05) is 0 Å². The summed E-state index contributed by atoms with van der Waals surface area (Å²) in [6.45, 7) is 0.773. The van der Waals surface area contributed by atoms with Crippen molar-refractivity contribution in [2.75, 3.05) is 6.61 Å². The fraction of sp³-hybridized carbons (Fsp3) is 1.00. The molecule has 0 radical (unpaired) electrons. The molecule has 0 spiro atoms. The van der Waals surface area contributed by atoms with Crippen LogP contribution in [0.1, 0.15) is 39.0 Å². The van der Waals surface area contributed by atoms with Crippen LogP contribution in [-0.4, -0.2) is 43.8 Å². The van der Waals surface area contributed by atoms with Crippen molar-refractivity contribution >= 4 is 7.60 Å². The smallest absolute Gasteiger partial charge is 0.331 e. The highest BCUT2D eigenvalue weighted by atomic mass is 31.2. The van der Waals surface area contributed by atoms with Crippen LogP contribution in [-0.2, 0) is 4.57 Å². The molecule has 114 valence electrons. The van der Waals surface area contributed by atoms with Crippen LogP contribution in [0.4, 0.5) is 8.78 Å². The molecule has 4 N–H and O–H groups in total. The van der Waals surface area contributed by atoms with Crippen LogP contribution < -0.4 is 0 Å². The molecule has 1 saturated carbocycles. The van der Waals surface area contributed by atoms with Gasteiger partial charge in [-0.05, 0) is 25.7 Å². The van der Waals surface area contributed by atoms with E-state index in [2.05, 4.69) is 0 Å². The maximum Gasteiger partial charge on any atom is 0.331 e. The molecule has 0 aromatic heterocycles. The lowest BCUT2D eigenvalue weighted by Gasteiger charge is -2.30. The number of halogens is 2. The molecule has 1 aliphatic rings. The van der Waals surface area contributed by atoms with Crippen molar-refractivity contribution in [1.29, 1.82) is 0 Å². The highest BCUT2D eigenvalue weighted by Gasteiger charge is 2.59. The Morgan fingerprint density at radius 3 is 2.21 bits per heavy atom. The summed E-state index contributed by atoms with van der Waals surface area (Å²) in [6.07, 6.45) is -2.08. The molecule has 1 fully saturated rings. The van der Waals surface area contributed by atoms with Gasteiger partial charge in [-0.3, -0.25) is 4.57 Å². The van der Waals surface area contributed by atoms with E-state index in [9.17, 15) is 23.1 Å². The average Bonchev–Trinajstić information content (AvgIpc) is 3.05. The Morgan fingerprint density at radius 2 is 1.89 bits per heavy atom. The summed E-state index contributed by atoms with van der Waals surface area (Å²) < 4.78 is 39.2. The first kappa shape index (κ1) is 17.0. The van der Waals surface area contributed by atoms with Crippen molar-refractivity contribution in [2.45, 2.75) is 56.2 Å². The molecule has 0 bridgehead atoms.